The van der Waals surface area contributed by atoms with E-state index in [1.165, 1.54) is 5.39 Å². The van der Waals surface area contributed by atoms with Gasteiger partial charge in [-0.1, -0.05) is 36.4 Å². The molecule has 0 fully saturated rings. The molecule has 0 saturated carbocycles. The summed E-state index contributed by atoms with van der Waals surface area (Å²) < 4.78 is 2.15. The third-order valence-electron chi connectivity index (χ3n) is 7.10. The molecule has 1 heterocycles. The fraction of sp³-hybridized carbons (Fsp3) is 0.269. The SMILES string of the molecule is Cn1c2ccccc2c2ccc([C@@H]3[C@@H]4CCCC=C4C(C#N)=C(N)C3(C#N)C#N)cc21. The van der Waals surface area contributed by atoms with Gasteiger partial charge in [-0.3, -0.25) is 0 Å². The minimum Gasteiger partial charge on any atom is -0.399 e. The van der Waals surface area contributed by atoms with Crippen LogP contribution in [0.15, 0.2) is 65.4 Å². The first kappa shape index (κ1) is 19.0. The number of benzene rings is 2. The Balaban J connectivity index is 1.81. The number of nitrogens with two attached hydrogens (primary N) is 1. The van der Waals surface area contributed by atoms with E-state index in [0.717, 1.165) is 46.8 Å². The van der Waals surface area contributed by atoms with Crippen molar-refractivity contribution in [2.24, 2.45) is 24.1 Å². The van der Waals surface area contributed by atoms with Crippen LogP contribution in [0.1, 0.15) is 30.7 Å². The number of aryl methyl sites for hydroxylation is 1. The maximum absolute atomic E-state index is 10.2. The number of allylic oxidation sites excluding steroid dienone is 4. The van der Waals surface area contributed by atoms with Crippen LogP contribution in [0.3, 0.4) is 0 Å². The molecule has 0 aliphatic heterocycles. The van der Waals surface area contributed by atoms with Gasteiger partial charge < -0.3 is 10.3 Å². The Morgan fingerprint density at radius 1 is 1.03 bits per heavy atom. The van der Waals surface area contributed by atoms with Gasteiger partial charge in [-0.15, -0.1) is 0 Å². The minimum atomic E-state index is -1.57. The Bertz CT molecular complexity index is 1420. The van der Waals surface area contributed by atoms with E-state index < -0.39 is 11.3 Å². The van der Waals surface area contributed by atoms with Gasteiger partial charge in [-0.2, -0.15) is 15.8 Å². The third kappa shape index (κ3) is 2.40. The summed E-state index contributed by atoms with van der Waals surface area (Å²) in [5.74, 6) is -0.504. The number of hydrogen-bond acceptors (Lipinski definition) is 4. The smallest absolute Gasteiger partial charge is 0.191 e. The summed E-state index contributed by atoms with van der Waals surface area (Å²) in [6.07, 6.45) is 4.74. The molecule has 0 unspecified atom stereocenters. The van der Waals surface area contributed by atoms with E-state index in [2.05, 4.69) is 53.1 Å². The number of rotatable bonds is 1. The Morgan fingerprint density at radius 2 is 1.77 bits per heavy atom. The van der Waals surface area contributed by atoms with Crippen LogP contribution in [0.2, 0.25) is 0 Å². The second kappa shape index (κ2) is 6.76. The van der Waals surface area contributed by atoms with E-state index in [1.54, 1.807) is 0 Å². The maximum Gasteiger partial charge on any atom is 0.191 e. The highest BCUT2D eigenvalue weighted by Crippen LogP contribution is 2.56. The molecule has 1 aromatic heterocycles. The molecule has 31 heavy (non-hydrogen) atoms. The van der Waals surface area contributed by atoms with Gasteiger partial charge in [0.25, 0.3) is 0 Å². The van der Waals surface area contributed by atoms with Crippen molar-refractivity contribution in [3.8, 4) is 18.2 Å². The van der Waals surface area contributed by atoms with E-state index in [-0.39, 0.29) is 11.6 Å². The zero-order valence-corrected chi connectivity index (χ0v) is 17.3. The number of nitrogens with zero attached hydrogens (tertiary/aromatic N) is 4. The lowest BCUT2D eigenvalue weighted by Gasteiger charge is -2.43. The number of aromatic nitrogens is 1. The van der Waals surface area contributed by atoms with Crippen molar-refractivity contribution in [2.45, 2.75) is 25.2 Å². The van der Waals surface area contributed by atoms with Crippen molar-refractivity contribution in [1.82, 2.24) is 4.57 Å². The Hall–Kier alpha value is -4.01. The number of hydrogen-bond donors (Lipinski definition) is 1. The van der Waals surface area contributed by atoms with Crippen LogP contribution in [-0.4, -0.2) is 4.57 Å². The average Bonchev–Trinajstić information content (AvgIpc) is 3.10. The summed E-state index contributed by atoms with van der Waals surface area (Å²) in [7, 11) is 2.03. The predicted molar refractivity (Wildman–Crippen MR) is 119 cm³/mol. The molecule has 5 heteroatoms. The molecular weight excluding hydrogens is 382 g/mol. The largest absolute Gasteiger partial charge is 0.399 e. The van der Waals surface area contributed by atoms with Gasteiger partial charge in [0.2, 0.25) is 0 Å². The van der Waals surface area contributed by atoms with E-state index in [9.17, 15) is 15.8 Å². The first-order chi connectivity index (χ1) is 15.1. The second-order valence-electron chi connectivity index (χ2n) is 8.46. The zero-order valence-electron chi connectivity index (χ0n) is 17.3. The van der Waals surface area contributed by atoms with Gasteiger partial charge in [0.15, 0.2) is 5.41 Å². The lowest BCUT2D eigenvalue weighted by molar-refractivity contribution is 0.317. The lowest BCUT2D eigenvalue weighted by Crippen LogP contribution is -2.42. The molecule has 5 rings (SSSR count). The highest BCUT2D eigenvalue weighted by molar-refractivity contribution is 6.08. The van der Waals surface area contributed by atoms with E-state index >= 15 is 0 Å². The van der Waals surface area contributed by atoms with E-state index in [0.29, 0.717) is 5.57 Å². The first-order valence-corrected chi connectivity index (χ1v) is 10.5. The summed E-state index contributed by atoms with van der Waals surface area (Å²) in [5.41, 5.74) is 9.23. The van der Waals surface area contributed by atoms with Crippen LogP contribution in [0.4, 0.5) is 0 Å². The topological polar surface area (TPSA) is 102 Å². The lowest BCUT2D eigenvalue weighted by atomic mass is 9.56. The normalized spacial score (nSPS) is 22.3. The van der Waals surface area contributed by atoms with Gasteiger partial charge in [0.05, 0.1) is 23.4 Å². The van der Waals surface area contributed by atoms with Gasteiger partial charge in [0.1, 0.15) is 6.07 Å². The molecule has 2 atom stereocenters. The predicted octanol–water partition coefficient (Wildman–Crippen LogP) is 4.93. The first-order valence-electron chi connectivity index (χ1n) is 10.5. The zero-order chi connectivity index (χ0) is 21.8. The molecule has 2 aliphatic carbocycles. The molecule has 3 aromatic rings. The molecule has 5 nitrogen and oxygen atoms in total. The average molecular weight is 403 g/mol. The molecule has 2 aromatic carbocycles. The monoisotopic (exact) mass is 403 g/mol. The summed E-state index contributed by atoms with van der Waals surface area (Å²) in [6, 6.07) is 21.1. The van der Waals surface area contributed by atoms with Gasteiger partial charge in [-0.05, 0) is 48.4 Å². The highest BCUT2D eigenvalue weighted by Gasteiger charge is 2.53. The van der Waals surface area contributed by atoms with Crippen LogP contribution < -0.4 is 5.73 Å². The van der Waals surface area contributed by atoms with Gasteiger partial charge >= 0.3 is 0 Å². The number of para-hydroxylation sites is 1. The Labute approximate surface area is 180 Å². The molecule has 0 saturated heterocycles. The van der Waals surface area contributed by atoms with Gasteiger partial charge in [0, 0.05) is 34.8 Å². The molecule has 150 valence electrons. The molecular formula is C26H21N5. The number of fused-ring (bicyclic) bond motifs is 4. The van der Waals surface area contributed by atoms with Crippen LogP contribution >= 0.6 is 0 Å². The van der Waals surface area contributed by atoms with Crippen LogP contribution in [0.5, 0.6) is 0 Å². The van der Waals surface area contributed by atoms with Crippen molar-refractivity contribution >= 4 is 21.8 Å². The fourth-order valence-corrected chi connectivity index (χ4v) is 5.62. The van der Waals surface area contributed by atoms with Crippen molar-refractivity contribution in [2.75, 3.05) is 0 Å². The van der Waals surface area contributed by atoms with E-state index in [4.69, 9.17) is 5.73 Å². The summed E-state index contributed by atoms with van der Waals surface area (Å²) >= 11 is 0. The minimum absolute atomic E-state index is 0.0814. The van der Waals surface area contributed by atoms with Crippen molar-refractivity contribution in [1.29, 1.82) is 15.8 Å². The van der Waals surface area contributed by atoms with Crippen LogP contribution in [-0.2, 0) is 7.05 Å². The van der Waals surface area contributed by atoms with Crippen LogP contribution in [0, 0.1) is 45.3 Å². The maximum atomic E-state index is 10.2. The molecule has 0 amide bonds. The Morgan fingerprint density at radius 3 is 2.52 bits per heavy atom. The molecule has 0 bridgehead atoms. The molecule has 2 N–H and O–H groups in total. The Kier molecular flexibility index (Phi) is 4.14. The third-order valence-corrected chi connectivity index (χ3v) is 7.10. The second-order valence-corrected chi connectivity index (χ2v) is 8.46. The standard InChI is InChI=1S/C26H21N5/c1-31-22-9-5-4-7-18(22)19-11-10-16(12-23(19)31)24-20-8-3-2-6-17(20)21(13-27)25(30)26(24,14-28)15-29/h4-7,9-12,20,24H,2-3,8,30H2,1H3/t20-,24-/m1/s1. The van der Waals surface area contributed by atoms with E-state index in [1.807, 2.05) is 25.2 Å². The summed E-state index contributed by atoms with van der Waals surface area (Å²) in [6.45, 7) is 0. The fourth-order valence-electron chi connectivity index (χ4n) is 5.62. The van der Waals surface area contributed by atoms with Crippen molar-refractivity contribution < 1.29 is 0 Å². The highest BCUT2D eigenvalue weighted by atomic mass is 14.9. The summed E-state index contributed by atoms with van der Waals surface area (Å²) in [4.78, 5) is 0. The molecule has 0 radical (unpaired) electrons. The van der Waals surface area contributed by atoms with Gasteiger partial charge in [-0.25, -0.2) is 0 Å². The van der Waals surface area contributed by atoms with Crippen molar-refractivity contribution in [3.05, 3.63) is 70.9 Å². The molecule has 0 spiro atoms. The summed E-state index contributed by atoms with van der Waals surface area (Å²) in [5, 5.41) is 32.5. The van der Waals surface area contributed by atoms with Crippen LogP contribution in [0.25, 0.3) is 21.8 Å². The number of nitriles is 3. The molecule has 2 aliphatic rings. The van der Waals surface area contributed by atoms with Crippen molar-refractivity contribution in [3.63, 3.8) is 0 Å². The quantitative estimate of drug-likeness (QED) is 0.622.